The van der Waals surface area contributed by atoms with Crippen molar-refractivity contribution in [2.45, 2.75) is 90.0 Å². The molecule has 6 aromatic rings. The number of imidazole rings is 1. The average Bonchev–Trinajstić information content (AvgIpc) is 4.07. The third-order valence-corrected chi connectivity index (χ3v) is 5.81. The molecule has 0 aromatic carbocycles. The molecule has 0 atom stereocenters. The molecule has 0 aliphatic carbocycles. The van der Waals surface area contributed by atoms with Gasteiger partial charge in [0.25, 0.3) is 0 Å². The van der Waals surface area contributed by atoms with E-state index in [4.69, 9.17) is 0 Å². The van der Waals surface area contributed by atoms with Gasteiger partial charge in [-0.3, -0.25) is 14.4 Å². The first-order chi connectivity index (χ1) is 26.3. The van der Waals surface area contributed by atoms with Crippen molar-refractivity contribution in [3.63, 3.8) is 0 Å². The maximum atomic E-state index is 4.23. The Balaban J connectivity index is -0.000000268. The molecule has 6 aromatic heterocycles. The Kier molecular flexibility index (Phi) is 39.1. The molecule has 1 aliphatic heterocycles. The standard InChI is InChI=1S/C7H12N2.C5H8N2.C5H7N.C3H6N4.C3H7N3.2C3H5N3.4C2H6/c1-5-6(2)8-9(4)7(5)3;1-5-3-7(2)4-6-5;1-6-4-2-3-5-6;1-3-4-6-7(2)5-3;1-6-3-4-2-5-6;1-6-3-2-4-5-6;1-6-4-2-3-5-6;4*1-2/h1-4H3;3-4H,1-2H3;2-5H,1H3;1-2H3;2H,3H2,1H3,(H,4,5);2*2-3H,1H3;4*1-2H3. The van der Waals surface area contributed by atoms with Gasteiger partial charge < -0.3 is 14.6 Å². The van der Waals surface area contributed by atoms with Crippen LogP contribution in [0, 0.1) is 34.6 Å². The number of aryl methyl sites for hydroxylation is 9. The third-order valence-electron chi connectivity index (χ3n) is 5.81. The number of nitrogens with one attached hydrogen (secondary N) is 1. The minimum Gasteiger partial charge on any atom is -0.357 e. The van der Waals surface area contributed by atoms with Gasteiger partial charge in [-0.2, -0.15) is 24.9 Å². The molecular formula is C37H74N18. The van der Waals surface area contributed by atoms with E-state index in [-0.39, 0.29) is 0 Å². The molecule has 0 unspecified atom stereocenters. The van der Waals surface area contributed by atoms with Crippen LogP contribution in [0.25, 0.3) is 0 Å². The maximum absolute atomic E-state index is 4.23. The Morgan fingerprint density at radius 2 is 1.20 bits per heavy atom. The van der Waals surface area contributed by atoms with Crippen LogP contribution < -0.4 is 5.43 Å². The lowest BCUT2D eigenvalue weighted by molar-refractivity contribution is 0.333. The van der Waals surface area contributed by atoms with Gasteiger partial charge in [0.1, 0.15) is 6.67 Å². The molecule has 1 N–H and O–H groups in total. The molecule has 55 heavy (non-hydrogen) atoms. The van der Waals surface area contributed by atoms with E-state index in [0.717, 1.165) is 18.1 Å². The van der Waals surface area contributed by atoms with E-state index in [1.165, 1.54) is 20.9 Å². The second-order valence-electron chi connectivity index (χ2n) is 10.1. The lowest BCUT2D eigenvalue weighted by Gasteiger charge is -2.02. The Bertz CT molecular complexity index is 1430. The van der Waals surface area contributed by atoms with Crippen LogP contribution in [0.3, 0.4) is 0 Å². The van der Waals surface area contributed by atoms with Crippen LogP contribution in [-0.4, -0.2) is 99.2 Å². The van der Waals surface area contributed by atoms with Gasteiger partial charge >= 0.3 is 0 Å². The number of tetrazole rings is 1. The highest BCUT2D eigenvalue weighted by Gasteiger charge is 2.01. The van der Waals surface area contributed by atoms with E-state index >= 15 is 0 Å². The highest BCUT2D eigenvalue weighted by molar-refractivity contribution is 5.54. The van der Waals surface area contributed by atoms with Gasteiger partial charge in [0.05, 0.1) is 49.7 Å². The van der Waals surface area contributed by atoms with E-state index in [1.54, 1.807) is 63.2 Å². The fraction of sp³-hybridized carbons (Fsp3) is 0.568. The molecular weight excluding hydrogens is 697 g/mol. The summed E-state index contributed by atoms with van der Waals surface area (Å²) in [5.41, 5.74) is 7.63. The van der Waals surface area contributed by atoms with Crippen LogP contribution in [-0.2, 0) is 42.3 Å². The highest BCUT2D eigenvalue weighted by Crippen LogP contribution is 2.08. The molecule has 0 bridgehead atoms. The molecule has 0 radical (unpaired) electrons. The summed E-state index contributed by atoms with van der Waals surface area (Å²) in [5, 5.41) is 31.7. The molecule has 0 saturated carbocycles. The summed E-state index contributed by atoms with van der Waals surface area (Å²) in [4.78, 5) is 10.8. The van der Waals surface area contributed by atoms with Crippen molar-refractivity contribution in [2.75, 3.05) is 13.7 Å². The van der Waals surface area contributed by atoms with Crippen molar-refractivity contribution < 1.29 is 0 Å². The van der Waals surface area contributed by atoms with Crippen LogP contribution in [0.1, 0.15) is 83.9 Å². The molecule has 0 spiro atoms. The minimum absolute atomic E-state index is 0.711. The van der Waals surface area contributed by atoms with Crippen molar-refractivity contribution >= 4 is 6.34 Å². The first-order valence-corrected chi connectivity index (χ1v) is 18.5. The largest absolute Gasteiger partial charge is 0.357 e. The van der Waals surface area contributed by atoms with Gasteiger partial charge in [0.15, 0.2) is 5.82 Å². The number of nitrogens with zero attached hydrogens (tertiary/aromatic N) is 17. The Morgan fingerprint density at radius 1 is 0.636 bits per heavy atom. The Hall–Kier alpha value is -5.52. The summed E-state index contributed by atoms with van der Waals surface area (Å²) >= 11 is 0. The summed E-state index contributed by atoms with van der Waals surface area (Å²) < 4.78 is 7.47. The molecule has 7 rings (SSSR count). The van der Waals surface area contributed by atoms with E-state index in [1.807, 2.05) is 154 Å². The zero-order chi connectivity index (χ0) is 43.2. The molecule has 1 aliphatic rings. The minimum atomic E-state index is 0.711. The summed E-state index contributed by atoms with van der Waals surface area (Å²) in [5.74, 6) is 0.711. The van der Waals surface area contributed by atoms with Gasteiger partial charge in [-0.05, 0) is 57.5 Å². The predicted molar refractivity (Wildman–Crippen MR) is 226 cm³/mol. The summed E-state index contributed by atoms with van der Waals surface area (Å²) in [6.07, 6.45) is 16.1. The van der Waals surface area contributed by atoms with Crippen LogP contribution in [0.15, 0.2) is 66.8 Å². The zero-order valence-corrected chi connectivity index (χ0v) is 37.7. The number of hydrogen-bond donors (Lipinski definition) is 1. The molecule has 0 amide bonds. The van der Waals surface area contributed by atoms with Gasteiger partial charge in [0.2, 0.25) is 0 Å². The molecule has 18 nitrogen and oxygen atoms in total. The van der Waals surface area contributed by atoms with Gasteiger partial charge in [-0.25, -0.2) is 9.99 Å². The highest BCUT2D eigenvalue weighted by atomic mass is 15.6. The molecule has 7 heterocycles. The topological polar surface area (TPSA) is 173 Å². The second kappa shape index (κ2) is 38.2. The Labute approximate surface area is 331 Å². The van der Waals surface area contributed by atoms with Crippen LogP contribution in [0.2, 0.25) is 0 Å². The van der Waals surface area contributed by atoms with Crippen LogP contribution in [0.5, 0.6) is 0 Å². The zero-order valence-electron chi connectivity index (χ0n) is 37.7. The number of aliphatic imine (C=N–C) groups is 1. The predicted octanol–water partition coefficient (Wildman–Crippen LogP) is 5.77. The van der Waals surface area contributed by atoms with E-state index in [0.29, 0.717) is 5.82 Å². The number of hydrazine groups is 1. The maximum Gasteiger partial charge on any atom is 0.171 e. The van der Waals surface area contributed by atoms with Gasteiger partial charge in [-0.1, -0.05) is 60.6 Å². The number of rotatable bonds is 0. The summed E-state index contributed by atoms with van der Waals surface area (Å²) in [6.45, 7) is 26.8. The first-order valence-electron chi connectivity index (χ1n) is 18.5. The fourth-order valence-electron chi connectivity index (χ4n) is 3.12. The fourth-order valence-corrected chi connectivity index (χ4v) is 3.12. The van der Waals surface area contributed by atoms with Crippen LogP contribution >= 0.6 is 0 Å². The van der Waals surface area contributed by atoms with Gasteiger partial charge in [0, 0.05) is 72.8 Å². The van der Waals surface area contributed by atoms with E-state index in [9.17, 15) is 0 Å². The monoisotopic (exact) mass is 771 g/mol. The lowest BCUT2D eigenvalue weighted by Crippen LogP contribution is -2.26. The number of aromatic nitrogens is 15. The normalized spacial score (nSPS) is 9.75. The smallest absolute Gasteiger partial charge is 0.171 e. The van der Waals surface area contributed by atoms with Crippen LogP contribution in [0.4, 0.5) is 0 Å². The SMILES string of the molecule is CC.CC.CC.CC.CN1CN=CN1.Cc1cn(C)cn1.Cc1nn(C)c(C)c1C.Cc1nnn(C)n1.Cn1cccc1.Cn1ccnn1.Cn1nccn1. The summed E-state index contributed by atoms with van der Waals surface area (Å²) in [7, 11) is 13.2. The van der Waals surface area contributed by atoms with Gasteiger partial charge in [-0.15, -0.1) is 15.3 Å². The van der Waals surface area contributed by atoms with E-state index in [2.05, 4.69) is 70.3 Å². The molecule has 312 valence electrons. The molecule has 18 heteroatoms. The Morgan fingerprint density at radius 3 is 1.33 bits per heavy atom. The van der Waals surface area contributed by atoms with Crippen molar-refractivity contribution in [1.82, 2.24) is 84.5 Å². The second-order valence-corrected chi connectivity index (χ2v) is 10.1. The average molecular weight is 771 g/mol. The number of hydrogen-bond acceptors (Lipinski definition) is 12. The van der Waals surface area contributed by atoms with Crippen molar-refractivity contribution in [2.24, 2.45) is 47.3 Å². The lowest BCUT2D eigenvalue weighted by atomic mass is 10.2. The molecule has 0 saturated heterocycles. The molecule has 0 fully saturated rings. The third kappa shape index (κ3) is 32.8. The first kappa shape index (κ1) is 56.2. The summed E-state index contributed by atoms with van der Waals surface area (Å²) in [6, 6.07) is 4.00. The van der Waals surface area contributed by atoms with Crippen molar-refractivity contribution in [3.05, 3.63) is 90.3 Å². The van der Waals surface area contributed by atoms with Crippen molar-refractivity contribution in [1.29, 1.82) is 0 Å². The van der Waals surface area contributed by atoms with E-state index < -0.39 is 0 Å². The quantitative estimate of drug-likeness (QED) is 0.199. The van der Waals surface area contributed by atoms with Crippen molar-refractivity contribution in [3.8, 4) is 0 Å².